The monoisotopic (exact) mass is 303 g/mol. The van der Waals surface area contributed by atoms with E-state index in [0.29, 0.717) is 17.5 Å². The van der Waals surface area contributed by atoms with E-state index in [0.717, 1.165) is 18.8 Å². The van der Waals surface area contributed by atoms with E-state index in [1.807, 2.05) is 24.3 Å². The smallest absolute Gasteiger partial charge is 0.121 e. The fraction of sp³-hybridized carbons (Fsp3) is 0.333. The van der Waals surface area contributed by atoms with Crippen molar-refractivity contribution in [3.8, 4) is 5.75 Å². The van der Waals surface area contributed by atoms with Crippen LogP contribution in [-0.2, 0) is 13.2 Å². The van der Waals surface area contributed by atoms with Gasteiger partial charge in [-0.25, -0.2) is 0 Å². The highest BCUT2D eigenvalue weighted by molar-refractivity contribution is 6.30. The normalized spacial score (nSPS) is 10.9. The molecule has 0 atom stereocenters. The van der Waals surface area contributed by atoms with Crippen LogP contribution in [0.2, 0.25) is 5.02 Å². The number of benzene rings is 2. The van der Waals surface area contributed by atoms with Crippen molar-refractivity contribution >= 4 is 11.6 Å². The molecule has 0 radical (unpaired) electrons. The molecule has 0 amide bonds. The summed E-state index contributed by atoms with van der Waals surface area (Å²) >= 11 is 5.95. The SMILES string of the molecule is CC(C)CNCc1cccc(COc2cccc(Cl)c2)c1. The summed E-state index contributed by atoms with van der Waals surface area (Å²) in [7, 11) is 0. The van der Waals surface area contributed by atoms with Gasteiger partial charge < -0.3 is 10.1 Å². The van der Waals surface area contributed by atoms with Crippen LogP contribution in [0, 0.1) is 5.92 Å². The van der Waals surface area contributed by atoms with Gasteiger partial charge in [0.15, 0.2) is 0 Å². The summed E-state index contributed by atoms with van der Waals surface area (Å²) in [5, 5.41) is 4.14. The van der Waals surface area contributed by atoms with Gasteiger partial charge in [0.1, 0.15) is 12.4 Å². The first-order chi connectivity index (χ1) is 10.1. The van der Waals surface area contributed by atoms with Gasteiger partial charge in [-0.05, 0) is 41.8 Å². The zero-order valence-electron chi connectivity index (χ0n) is 12.6. The molecule has 0 bridgehead atoms. The predicted octanol–water partition coefficient (Wildman–Crippen LogP) is 4.66. The first-order valence-corrected chi connectivity index (χ1v) is 7.68. The Morgan fingerprint density at radius 1 is 1.05 bits per heavy atom. The van der Waals surface area contributed by atoms with E-state index in [1.165, 1.54) is 11.1 Å². The Morgan fingerprint density at radius 3 is 2.57 bits per heavy atom. The van der Waals surface area contributed by atoms with Crippen LogP contribution in [-0.4, -0.2) is 6.54 Å². The minimum Gasteiger partial charge on any atom is -0.489 e. The van der Waals surface area contributed by atoms with Gasteiger partial charge in [0.2, 0.25) is 0 Å². The first kappa shape index (κ1) is 15.9. The lowest BCUT2D eigenvalue weighted by Gasteiger charge is -2.10. The van der Waals surface area contributed by atoms with Crippen LogP contribution < -0.4 is 10.1 Å². The van der Waals surface area contributed by atoms with Gasteiger partial charge in [-0.1, -0.05) is 55.8 Å². The average molecular weight is 304 g/mol. The van der Waals surface area contributed by atoms with E-state index in [-0.39, 0.29) is 0 Å². The number of nitrogens with one attached hydrogen (secondary N) is 1. The standard InChI is InChI=1S/C18H22ClNO/c1-14(2)11-20-12-15-5-3-6-16(9-15)13-21-18-8-4-7-17(19)10-18/h3-10,14,20H,11-13H2,1-2H3. The summed E-state index contributed by atoms with van der Waals surface area (Å²) in [5.74, 6) is 1.46. The van der Waals surface area contributed by atoms with Crippen molar-refractivity contribution in [3.63, 3.8) is 0 Å². The molecule has 1 N–H and O–H groups in total. The average Bonchev–Trinajstić information content (AvgIpc) is 2.45. The lowest BCUT2D eigenvalue weighted by Crippen LogP contribution is -2.19. The molecule has 2 rings (SSSR count). The van der Waals surface area contributed by atoms with Gasteiger partial charge in [0.05, 0.1) is 0 Å². The Kier molecular flexibility index (Phi) is 6.09. The maximum Gasteiger partial charge on any atom is 0.121 e. The molecule has 0 aromatic heterocycles. The molecular weight excluding hydrogens is 282 g/mol. The summed E-state index contributed by atoms with van der Waals surface area (Å²) < 4.78 is 5.77. The first-order valence-electron chi connectivity index (χ1n) is 7.30. The zero-order valence-corrected chi connectivity index (χ0v) is 13.4. The Balaban J connectivity index is 1.88. The molecule has 0 heterocycles. The topological polar surface area (TPSA) is 21.3 Å². The number of hydrogen-bond acceptors (Lipinski definition) is 2. The molecular formula is C18H22ClNO. The molecule has 21 heavy (non-hydrogen) atoms. The molecule has 112 valence electrons. The molecule has 0 aliphatic carbocycles. The number of halogens is 1. The Hall–Kier alpha value is -1.51. The van der Waals surface area contributed by atoms with E-state index in [4.69, 9.17) is 16.3 Å². The van der Waals surface area contributed by atoms with E-state index < -0.39 is 0 Å². The van der Waals surface area contributed by atoms with Crippen molar-refractivity contribution in [2.75, 3.05) is 6.54 Å². The van der Waals surface area contributed by atoms with Crippen LogP contribution in [0.3, 0.4) is 0 Å². The largest absolute Gasteiger partial charge is 0.489 e. The Bertz CT molecular complexity index is 569. The zero-order chi connectivity index (χ0) is 15.1. The highest BCUT2D eigenvalue weighted by atomic mass is 35.5. The molecule has 0 aliphatic rings. The third kappa shape index (κ3) is 5.78. The minimum absolute atomic E-state index is 0.554. The van der Waals surface area contributed by atoms with E-state index in [1.54, 1.807) is 0 Å². The number of rotatable bonds is 7. The van der Waals surface area contributed by atoms with Crippen LogP contribution in [0.4, 0.5) is 0 Å². The molecule has 0 spiro atoms. The molecule has 0 saturated heterocycles. The van der Waals surface area contributed by atoms with Gasteiger partial charge in [-0.2, -0.15) is 0 Å². The molecule has 2 nitrogen and oxygen atoms in total. The molecule has 0 saturated carbocycles. The number of hydrogen-bond donors (Lipinski definition) is 1. The second-order valence-electron chi connectivity index (χ2n) is 5.59. The van der Waals surface area contributed by atoms with Crippen molar-refractivity contribution in [3.05, 3.63) is 64.7 Å². The van der Waals surface area contributed by atoms with Crippen LogP contribution in [0.5, 0.6) is 5.75 Å². The highest BCUT2D eigenvalue weighted by Gasteiger charge is 2.00. The van der Waals surface area contributed by atoms with Crippen molar-refractivity contribution < 1.29 is 4.74 Å². The fourth-order valence-electron chi connectivity index (χ4n) is 2.06. The van der Waals surface area contributed by atoms with Crippen LogP contribution in [0.25, 0.3) is 0 Å². The van der Waals surface area contributed by atoms with E-state index >= 15 is 0 Å². The van der Waals surface area contributed by atoms with Gasteiger partial charge in [-0.3, -0.25) is 0 Å². The van der Waals surface area contributed by atoms with Crippen molar-refractivity contribution in [1.82, 2.24) is 5.32 Å². The minimum atomic E-state index is 0.554. The molecule has 2 aromatic carbocycles. The summed E-state index contributed by atoms with van der Waals surface area (Å²) in [5.41, 5.74) is 2.45. The predicted molar refractivity (Wildman–Crippen MR) is 88.8 cm³/mol. The molecule has 0 unspecified atom stereocenters. The summed E-state index contributed by atoms with van der Waals surface area (Å²) in [4.78, 5) is 0. The Morgan fingerprint density at radius 2 is 1.81 bits per heavy atom. The molecule has 3 heteroatoms. The summed E-state index contributed by atoms with van der Waals surface area (Å²) in [6, 6.07) is 15.9. The lowest BCUT2D eigenvalue weighted by molar-refractivity contribution is 0.306. The second-order valence-corrected chi connectivity index (χ2v) is 6.03. The van der Waals surface area contributed by atoms with Crippen LogP contribution in [0.1, 0.15) is 25.0 Å². The quantitative estimate of drug-likeness (QED) is 0.803. The summed E-state index contributed by atoms with van der Waals surface area (Å²) in [6.07, 6.45) is 0. The van der Waals surface area contributed by atoms with Crippen molar-refractivity contribution in [2.45, 2.75) is 27.0 Å². The van der Waals surface area contributed by atoms with Gasteiger partial charge in [0, 0.05) is 11.6 Å². The van der Waals surface area contributed by atoms with E-state index in [9.17, 15) is 0 Å². The van der Waals surface area contributed by atoms with Gasteiger partial charge >= 0.3 is 0 Å². The van der Waals surface area contributed by atoms with E-state index in [2.05, 4.69) is 43.4 Å². The maximum atomic E-state index is 5.95. The van der Waals surface area contributed by atoms with Gasteiger partial charge in [0.25, 0.3) is 0 Å². The van der Waals surface area contributed by atoms with Gasteiger partial charge in [-0.15, -0.1) is 0 Å². The summed E-state index contributed by atoms with van der Waals surface area (Å²) in [6.45, 7) is 6.90. The fourth-order valence-corrected chi connectivity index (χ4v) is 2.24. The highest BCUT2D eigenvalue weighted by Crippen LogP contribution is 2.18. The molecule has 2 aromatic rings. The molecule has 0 fully saturated rings. The van der Waals surface area contributed by atoms with Crippen molar-refractivity contribution in [1.29, 1.82) is 0 Å². The Labute approximate surface area is 132 Å². The maximum absolute atomic E-state index is 5.95. The van der Waals surface area contributed by atoms with Crippen LogP contribution in [0.15, 0.2) is 48.5 Å². The third-order valence-electron chi connectivity index (χ3n) is 3.07. The van der Waals surface area contributed by atoms with Crippen molar-refractivity contribution in [2.24, 2.45) is 5.92 Å². The third-order valence-corrected chi connectivity index (χ3v) is 3.31. The number of ether oxygens (including phenoxy) is 1. The van der Waals surface area contributed by atoms with Crippen LogP contribution >= 0.6 is 11.6 Å². The second kappa shape index (κ2) is 8.06. The lowest BCUT2D eigenvalue weighted by atomic mass is 10.1. The molecule has 0 aliphatic heterocycles.